The average molecular weight is 267 g/mol. The highest BCUT2D eigenvalue weighted by molar-refractivity contribution is 6.29. The van der Waals surface area contributed by atoms with Crippen LogP contribution in [0.5, 0.6) is 5.75 Å². The van der Waals surface area contributed by atoms with Gasteiger partial charge in [0, 0.05) is 11.6 Å². The zero-order valence-corrected chi connectivity index (χ0v) is 10.4. The van der Waals surface area contributed by atoms with Crippen molar-refractivity contribution in [3.05, 3.63) is 61.9 Å². The number of nitrogens with one attached hydrogen (secondary N) is 1. The van der Waals surface area contributed by atoms with Crippen molar-refractivity contribution in [2.45, 2.75) is 6.54 Å². The molecule has 0 aliphatic heterocycles. The van der Waals surface area contributed by atoms with E-state index in [1.54, 1.807) is 12.1 Å². The summed E-state index contributed by atoms with van der Waals surface area (Å²) < 4.78 is 6.23. The summed E-state index contributed by atoms with van der Waals surface area (Å²) in [4.78, 5) is 25.7. The van der Waals surface area contributed by atoms with Crippen LogP contribution in [-0.2, 0) is 6.54 Å². The van der Waals surface area contributed by atoms with E-state index in [-0.39, 0.29) is 11.7 Å². The summed E-state index contributed by atoms with van der Waals surface area (Å²) in [6, 6.07) is 8.35. The molecule has 0 saturated carbocycles. The molecule has 2 aromatic rings. The van der Waals surface area contributed by atoms with Gasteiger partial charge >= 0.3 is 5.69 Å². The minimum absolute atomic E-state index is 0.0290. The Hall–Kier alpha value is -2.01. The quantitative estimate of drug-likeness (QED) is 0.851. The van der Waals surface area contributed by atoms with E-state index >= 15 is 0 Å². The molecule has 0 atom stereocenters. The molecule has 6 heteroatoms. The fourth-order valence-corrected chi connectivity index (χ4v) is 1.82. The second kappa shape index (κ2) is 5.10. The van der Waals surface area contributed by atoms with Crippen molar-refractivity contribution in [2.24, 2.45) is 0 Å². The highest BCUT2D eigenvalue weighted by Crippen LogP contribution is 2.17. The lowest BCUT2D eigenvalue weighted by atomic mass is 10.2. The van der Waals surface area contributed by atoms with Crippen LogP contribution in [-0.4, -0.2) is 16.7 Å². The molecule has 1 heterocycles. The molecule has 5 nitrogen and oxygen atoms in total. The first-order chi connectivity index (χ1) is 8.61. The first-order valence-corrected chi connectivity index (χ1v) is 5.61. The summed E-state index contributed by atoms with van der Waals surface area (Å²) in [7, 11) is 1.54. The van der Waals surface area contributed by atoms with Crippen molar-refractivity contribution in [1.82, 2.24) is 9.55 Å². The van der Waals surface area contributed by atoms with Crippen LogP contribution in [0, 0.1) is 0 Å². The Morgan fingerprint density at radius 2 is 2.06 bits per heavy atom. The van der Waals surface area contributed by atoms with Crippen LogP contribution < -0.4 is 16.0 Å². The van der Waals surface area contributed by atoms with Gasteiger partial charge in [0.2, 0.25) is 0 Å². The number of methoxy groups -OCH3 is 1. The van der Waals surface area contributed by atoms with Crippen LogP contribution in [0.25, 0.3) is 0 Å². The smallest absolute Gasteiger partial charge is 0.329 e. The summed E-state index contributed by atoms with van der Waals surface area (Å²) >= 11 is 5.59. The van der Waals surface area contributed by atoms with Crippen LogP contribution in [0.3, 0.4) is 0 Å². The fraction of sp³-hybridized carbons (Fsp3) is 0.167. The van der Waals surface area contributed by atoms with Gasteiger partial charge in [-0.1, -0.05) is 29.8 Å². The first kappa shape index (κ1) is 12.4. The minimum Gasteiger partial charge on any atom is -0.496 e. The molecule has 0 radical (unpaired) electrons. The number of H-pyrrole nitrogens is 1. The molecular weight excluding hydrogens is 256 g/mol. The zero-order chi connectivity index (χ0) is 13.1. The van der Waals surface area contributed by atoms with Crippen molar-refractivity contribution in [3.8, 4) is 5.75 Å². The van der Waals surface area contributed by atoms with Gasteiger partial charge in [-0.25, -0.2) is 4.79 Å². The predicted octanol–water partition coefficient (Wildman–Crippen LogP) is 1.25. The number of hydrogen-bond acceptors (Lipinski definition) is 3. The molecule has 1 aromatic carbocycles. The lowest BCUT2D eigenvalue weighted by Crippen LogP contribution is -2.34. The lowest BCUT2D eigenvalue weighted by molar-refractivity contribution is 0.407. The molecule has 0 bridgehead atoms. The first-order valence-electron chi connectivity index (χ1n) is 5.23. The summed E-state index contributed by atoms with van der Waals surface area (Å²) in [6.07, 6.45) is 0. The van der Waals surface area contributed by atoms with Crippen molar-refractivity contribution < 1.29 is 4.74 Å². The molecule has 0 aliphatic carbocycles. The summed E-state index contributed by atoms with van der Waals surface area (Å²) in [6.45, 7) is 0.134. The third kappa shape index (κ3) is 2.46. The van der Waals surface area contributed by atoms with Gasteiger partial charge in [0.25, 0.3) is 5.56 Å². The van der Waals surface area contributed by atoms with Crippen LogP contribution in [0.4, 0.5) is 0 Å². The minimum atomic E-state index is -0.543. The van der Waals surface area contributed by atoms with Gasteiger partial charge in [0.05, 0.1) is 13.7 Å². The molecule has 0 unspecified atom stereocenters. The molecule has 0 amide bonds. The highest BCUT2D eigenvalue weighted by Gasteiger charge is 2.07. The molecule has 2 rings (SSSR count). The SMILES string of the molecule is COc1ccccc1Cn1c(=O)cc(Cl)[nH]c1=O. The normalized spacial score (nSPS) is 10.3. The van der Waals surface area contributed by atoms with Gasteiger partial charge in [-0.05, 0) is 6.07 Å². The van der Waals surface area contributed by atoms with Gasteiger partial charge in [0.15, 0.2) is 0 Å². The van der Waals surface area contributed by atoms with Gasteiger partial charge < -0.3 is 4.74 Å². The second-order valence-corrected chi connectivity index (χ2v) is 4.07. The van der Waals surface area contributed by atoms with E-state index in [0.717, 1.165) is 10.1 Å². The summed E-state index contributed by atoms with van der Waals surface area (Å²) in [5.41, 5.74) is -0.247. The largest absolute Gasteiger partial charge is 0.496 e. The molecule has 18 heavy (non-hydrogen) atoms. The zero-order valence-electron chi connectivity index (χ0n) is 9.64. The number of para-hydroxylation sites is 1. The Balaban J connectivity index is 2.47. The van der Waals surface area contributed by atoms with Crippen molar-refractivity contribution in [3.63, 3.8) is 0 Å². The van der Waals surface area contributed by atoms with E-state index in [4.69, 9.17) is 16.3 Å². The summed E-state index contributed by atoms with van der Waals surface area (Å²) in [5, 5.41) is 0.0290. The van der Waals surface area contributed by atoms with Crippen LogP contribution in [0.1, 0.15) is 5.56 Å². The fourth-order valence-electron chi connectivity index (χ4n) is 1.65. The van der Waals surface area contributed by atoms with Gasteiger partial charge in [-0.15, -0.1) is 0 Å². The molecule has 1 aromatic heterocycles. The van der Waals surface area contributed by atoms with Gasteiger partial charge in [-0.2, -0.15) is 0 Å². The Bertz CT molecular complexity index is 644. The Labute approximate surface area is 108 Å². The molecule has 94 valence electrons. The Morgan fingerprint density at radius 3 is 2.72 bits per heavy atom. The van der Waals surface area contributed by atoms with Crippen molar-refractivity contribution in [1.29, 1.82) is 0 Å². The maximum atomic E-state index is 11.7. The molecule has 0 fully saturated rings. The monoisotopic (exact) mass is 266 g/mol. The van der Waals surface area contributed by atoms with Crippen molar-refractivity contribution in [2.75, 3.05) is 7.11 Å². The van der Waals surface area contributed by atoms with E-state index in [0.29, 0.717) is 5.75 Å². The van der Waals surface area contributed by atoms with Crippen LogP contribution >= 0.6 is 11.6 Å². The van der Waals surface area contributed by atoms with Gasteiger partial charge in [0.1, 0.15) is 10.9 Å². The Kier molecular flexibility index (Phi) is 3.53. The molecule has 0 aliphatic rings. The molecule has 0 spiro atoms. The number of hydrogen-bond donors (Lipinski definition) is 1. The standard InChI is InChI=1S/C12H11ClN2O3/c1-18-9-5-3-2-4-8(9)7-15-11(16)6-10(13)14-12(15)17/h2-6H,7H2,1H3,(H,14,17). The number of nitrogens with zero attached hydrogens (tertiary/aromatic N) is 1. The second-order valence-electron chi connectivity index (χ2n) is 3.66. The third-order valence-corrected chi connectivity index (χ3v) is 2.71. The topological polar surface area (TPSA) is 64.1 Å². The van der Waals surface area contributed by atoms with Crippen molar-refractivity contribution >= 4 is 11.6 Å². The van der Waals surface area contributed by atoms with Crippen LogP contribution in [0.15, 0.2) is 39.9 Å². The number of ether oxygens (including phenoxy) is 1. The third-order valence-electron chi connectivity index (χ3n) is 2.51. The maximum Gasteiger partial charge on any atom is 0.329 e. The number of halogens is 1. The molecule has 0 saturated heterocycles. The van der Waals surface area contributed by atoms with E-state index in [1.165, 1.54) is 13.2 Å². The van der Waals surface area contributed by atoms with Crippen LogP contribution in [0.2, 0.25) is 5.15 Å². The molecular formula is C12H11ClN2O3. The average Bonchev–Trinajstić information content (AvgIpc) is 2.34. The summed E-state index contributed by atoms with van der Waals surface area (Å²) in [5.74, 6) is 0.624. The Morgan fingerprint density at radius 1 is 1.33 bits per heavy atom. The predicted molar refractivity (Wildman–Crippen MR) is 68.4 cm³/mol. The highest BCUT2D eigenvalue weighted by atomic mass is 35.5. The lowest BCUT2D eigenvalue weighted by Gasteiger charge is -2.09. The molecule has 1 N–H and O–H groups in total. The van der Waals surface area contributed by atoms with E-state index in [1.807, 2.05) is 12.1 Å². The van der Waals surface area contributed by atoms with E-state index in [9.17, 15) is 9.59 Å². The van der Waals surface area contributed by atoms with E-state index in [2.05, 4.69) is 4.98 Å². The number of rotatable bonds is 3. The number of aromatic amines is 1. The number of aromatic nitrogens is 2. The maximum absolute atomic E-state index is 11.7. The number of benzene rings is 1. The van der Waals surface area contributed by atoms with E-state index < -0.39 is 11.2 Å². The van der Waals surface area contributed by atoms with Gasteiger partial charge in [-0.3, -0.25) is 14.3 Å².